The molecule has 0 unspecified atom stereocenters. The standard InChI is InChI=1S/C23H29NO5S/c1-4-28-23(26)21-18-12-7-15(2)14-19(18)30-22(21)24-20(25)6-5-13-29-17-10-8-16(27-3)9-11-17/h8-11,15H,4-7,12-14H2,1-3H3,(H,24,25)/t15-/m1/s1. The molecule has 0 radical (unpaired) electrons. The first-order valence-corrected chi connectivity index (χ1v) is 11.2. The molecule has 162 valence electrons. The van der Waals surface area contributed by atoms with Crippen molar-refractivity contribution in [3.05, 3.63) is 40.3 Å². The Morgan fingerprint density at radius 3 is 2.63 bits per heavy atom. The zero-order valence-corrected chi connectivity index (χ0v) is 18.6. The van der Waals surface area contributed by atoms with E-state index in [4.69, 9.17) is 14.2 Å². The van der Waals surface area contributed by atoms with Crippen molar-refractivity contribution in [2.75, 3.05) is 25.6 Å². The summed E-state index contributed by atoms with van der Waals surface area (Å²) >= 11 is 1.51. The van der Waals surface area contributed by atoms with E-state index in [1.165, 1.54) is 16.2 Å². The number of esters is 1. The van der Waals surface area contributed by atoms with E-state index in [2.05, 4.69) is 12.2 Å². The number of thiophene rings is 1. The Bertz CT molecular complexity index is 874. The lowest BCUT2D eigenvalue weighted by molar-refractivity contribution is -0.116. The van der Waals surface area contributed by atoms with Crippen LogP contribution in [0.25, 0.3) is 0 Å². The van der Waals surface area contributed by atoms with Crippen LogP contribution in [0.15, 0.2) is 24.3 Å². The zero-order valence-electron chi connectivity index (χ0n) is 17.8. The molecule has 0 aliphatic heterocycles. The lowest BCUT2D eigenvalue weighted by Crippen LogP contribution is -2.17. The van der Waals surface area contributed by atoms with Gasteiger partial charge in [-0.05, 0) is 68.4 Å². The van der Waals surface area contributed by atoms with Crippen LogP contribution in [0.3, 0.4) is 0 Å². The number of carbonyl (C=O) groups is 2. The van der Waals surface area contributed by atoms with Gasteiger partial charge >= 0.3 is 5.97 Å². The second kappa shape index (κ2) is 10.5. The monoisotopic (exact) mass is 431 g/mol. The van der Waals surface area contributed by atoms with E-state index in [9.17, 15) is 9.59 Å². The SMILES string of the molecule is CCOC(=O)c1c(NC(=O)CCCOc2ccc(OC)cc2)sc2c1CC[C@@H](C)C2. The summed E-state index contributed by atoms with van der Waals surface area (Å²) < 4.78 is 16.0. The van der Waals surface area contributed by atoms with Crippen molar-refractivity contribution in [2.24, 2.45) is 5.92 Å². The third kappa shape index (κ3) is 5.53. The van der Waals surface area contributed by atoms with E-state index >= 15 is 0 Å². The highest BCUT2D eigenvalue weighted by Crippen LogP contribution is 2.40. The van der Waals surface area contributed by atoms with Gasteiger partial charge in [-0.25, -0.2) is 4.79 Å². The van der Waals surface area contributed by atoms with Gasteiger partial charge in [0.1, 0.15) is 16.5 Å². The van der Waals surface area contributed by atoms with Crippen LogP contribution in [0.1, 0.15) is 53.9 Å². The molecule has 0 fully saturated rings. The van der Waals surface area contributed by atoms with Gasteiger partial charge < -0.3 is 19.5 Å². The molecule has 1 atom stereocenters. The predicted octanol–water partition coefficient (Wildman–Crippen LogP) is 4.86. The summed E-state index contributed by atoms with van der Waals surface area (Å²) in [5.74, 6) is 1.63. The van der Waals surface area contributed by atoms with Crippen LogP contribution in [-0.4, -0.2) is 32.2 Å². The largest absolute Gasteiger partial charge is 0.497 e. The summed E-state index contributed by atoms with van der Waals surface area (Å²) in [6.07, 6.45) is 3.74. The van der Waals surface area contributed by atoms with Gasteiger partial charge in [0.15, 0.2) is 0 Å². The fourth-order valence-electron chi connectivity index (χ4n) is 3.54. The van der Waals surface area contributed by atoms with Crippen LogP contribution in [0.2, 0.25) is 0 Å². The van der Waals surface area contributed by atoms with Gasteiger partial charge in [0.2, 0.25) is 5.91 Å². The quantitative estimate of drug-likeness (QED) is 0.454. The van der Waals surface area contributed by atoms with E-state index in [1.54, 1.807) is 14.0 Å². The van der Waals surface area contributed by atoms with E-state index in [-0.39, 0.29) is 11.9 Å². The molecule has 1 aliphatic carbocycles. The van der Waals surface area contributed by atoms with Gasteiger partial charge in [-0.15, -0.1) is 11.3 Å². The Morgan fingerprint density at radius 2 is 1.93 bits per heavy atom. The first-order valence-electron chi connectivity index (χ1n) is 10.4. The van der Waals surface area contributed by atoms with Gasteiger partial charge in [0, 0.05) is 11.3 Å². The number of ether oxygens (including phenoxy) is 3. The minimum atomic E-state index is -0.345. The second-order valence-corrected chi connectivity index (χ2v) is 8.56. The molecule has 0 saturated carbocycles. The Labute approximate surface area is 181 Å². The van der Waals surface area contributed by atoms with Gasteiger partial charge in [-0.2, -0.15) is 0 Å². The molecule has 2 aromatic rings. The molecule has 6 nitrogen and oxygen atoms in total. The van der Waals surface area contributed by atoms with Crippen molar-refractivity contribution in [2.45, 2.75) is 46.0 Å². The zero-order chi connectivity index (χ0) is 21.5. The van der Waals surface area contributed by atoms with E-state index in [0.717, 1.165) is 36.3 Å². The average molecular weight is 432 g/mol. The Morgan fingerprint density at radius 1 is 1.20 bits per heavy atom. The van der Waals surface area contributed by atoms with Crippen LogP contribution in [0.4, 0.5) is 5.00 Å². The molecule has 1 heterocycles. The molecule has 1 aromatic carbocycles. The van der Waals surface area contributed by atoms with Gasteiger partial charge in [0.05, 0.1) is 25.9 Å². The van der Waals surface area contributed by atoms with E-state index in [0.29, 0.717) is 42.5 Å². The summed E-state index contributed by atoms with van der Waals surface area (Å²) in [5.41, 5.74) is 1.60. The van der Waals surface area contributed by atoms with Crippen molar-refractivity contribution in [1.82, 2.24) is 0 Å². The lowest BCUT2D eigenvalue weighted by atomic mass is 9.88. The summed E-state index contributed by atoms with van der Waals surface area (Å²) in [7, 11) is 1.62. The fraction of sp³-hybridized carbons (Fsp3) is 0.478. The maximum absolute atomic E-state index is 12.5. The highest BCUT2D eigenvalue weighted by Gasteiger charge is 2.29. The van der Waals surface area contributed by atoms with Crippen LogP contribution in [0, 0.1) is 5.92 Å². The number of anilines is 1. The molecule has 0 saturated heterocycles. The van der Waals surface area contributed by atoms with Crippen LogP contribution >= 0.6 is 11.3 Å². The van der Waals surface area contributed by atoms with Crippen molar-refractivity contribution in [1.29, 1.82) is 0 Å². The van der Waals surface area contributed by atoms with Crippen LogP contribution in [0.5, 0.6) is 11.5 Å². The third-order valence-corrected chi connectivity index (χ3v) is 6.29. The smallest absolute Gasteiger partial charge is 0.341 e. The minimum Gasteiger partial charge on any atom is -0.497 e. The Hall–Kier alpha value is -2.54. The number of methoxy groups -OCH3 is 1. The molecular weight excluding hydrogens is 402 g/mol. The lowest BCUT2D eigenvalue weighted by Gasteiger charge is -2.18. The van der Waals surface area contributed by atoms with Crippen molar-refractivity contribution < 1.29 is 23.8 Å². The van der Waals surface area contributed by atoms with Crippen LogP contribution < -0.4 is 14.8 Å². The molecular formula is C23H29NO5S. The number of fused-ring (bicyclic) bond motifs is 1. The summed E-state index contributed by atoms with van der Waals surface area (Å²) in [4.78, 5) is 26.2. The van der Waals surface area contributed by atoms with Gasteiger partial charge in [0.25, 0.3) is 0 Å². The van der Waals surface area contributed by atoms with Crippen molar-refractivity contribution >= 4 is 28.2 Å². The maximum Gasteiger partial charge on any atom is 0.341 e. The molecule has 1 N–H and O–H groups in total. The Balaban J connectivity index is 1.56. The van der Waals surface area contributed by atoms with Gasteiger partial charge in [-0.3, -0.25) is 4.79 Å². The maximum atomic E-state index is 12.5. The summed E-state index contributed by atoms with van der Waals surface area (Å²) in [6, 6.07) is 7.33. The molecule has 0 bridgehead atoms. The van der Waals surface area contributed by atoms with E-state index < -0.39 is 0 Å². The molecule has 0 spiro atoms. The molecule has 7 heteroatoms. The molecule has 3 rings (SSSR count). The minimum absolute atomic E-state index is 0.120. The van der Waals surface area contributed by atoms with E-state index in [1.807, 2.05) is 24.3 Å². The number of hydrogen-bond donors (Lipinski definition) is 1. The van der Waals surface area contributed by atoms with Crippen molar-refractivity contribution in [3.8, 4) is 11.5 Å². The van der Waals surface area contributed by atoms with Crippen LogP contribution in [-0.2, 0) is 22.4 Å². The highest BCUT2D eigenvalue weighted by molar-refractivity contribution is 7.17. The first kappa shape index (κ1) is 22.2. The summed E-state index contributed by atoms with van der Waals surface area (Å²) in [5, 5.41) is 3.56. The predicted molar refractivity (Wildman–Crippen MR) is 118 cm³/mol. The van der Waals surface area contributed by atoms with Gasteiger partial charge in [-0.1, -0.05) is 6.92 Å². The highest BCUT2D eigenvalue weighted by atomic mass is 32.1. The third-order valence-electron chi connectivity index (χ3n) is 5.12. The number of rotatable bonds is 9. The normalized spacial score (nSPS) is 15.2. The number of nitrogens with one attached hydrogen (secondary N) is 1. The molecule has 1 amide bonds. The Kier molecular flexibility index (Phi) is 7.74. The average Bonchev–Trinajstić information content (AvgIpc) is 3.08. The molecule has 30 heavy (non-hydrogen) atoms. The first-order chi connectivity index (χ1) is 14.5. The number of amides is 1. The topological polar surface area (TPSA) is 73.9 Å². The number of carbonyl (C=O) groups excluding carboxylic acids is 2. The second-order valence-electron chi connectivity index (χ2n) is 7.45. The molecule has 1 aliphatic rings. The number of hydrogen-bond acceptors (Lipinski definition) is 6. The summed E-state index contributed by atoms with van der Waals surface area (Å²) in [6.45, 7) is 4.76. The molecule has 1 aromatic heterocycles. The number of benzene rings is 1. The van der Waals surface area contributed by atoms with Crippen molar-refractivity contribution in [3.63, 3.8) is 0 Å². The fourth-order valence-corrected chi connectivity index (χ4v) is 4.96.